The Labute approximate surface area is 210 Å². The van der Waals surface area contributed by atoms with E-state index in [0.717, 1.165) is 47.4 Å². The Kier molecular flexibility index (Phi) is 5.64. The van der Waals surface area contributed by atoms with Gasteiger partial charge in [-0.25, -0.2) is 4.98 Å². The number of fused-ring (bicyclic) bond motifs is 2. The first-order chi connectivity index (χ1) is 17.5. The first-order valence-corrected chi connectivity index (χ1v) is 12.5. The van der Waals surface area contributed by atoms with Crippen LogP contribution in [0.1, 0.15) is 33.9 Å². The van der Waals surface area contributed by atoms with E-state index in [1.807, 2.05) is 24.3 Å². The molecular weight excluding hydrogens is 446 g/mol. The standard InChI is InChI=1S/C30H29N5O/c1-19-7-9-24(15-20(19)2)22-10-12-23(13-11-22)27-18-35-17-21(8-14-28(35)32-27)16-31-30(36)29-25-5-3-4-6-26(25)33-34-29/h3-7,9-13,15,18,21H,8,14,16-17H2,1-2H3,(H,31,36)(H,33,34). The van der Waals surface area contributed by atoms with Gasteiger partial charge in [0.2, 0.25) is 0 Å². The van der Waals surface area contributed by atoms with Crippen molar-refractivity contribution in [3.63, 3.8) is 0 Å². The van der Waals surface area contributed by atoms with Crippen LogP contribution in [0.15, 0.2) is 72.9 Å². The quantitative estimate of drug-likeness (QED) is 0.342. The van der Waals surface area contributed by atoms with Crippen LogP contribution >= 0.6 is 0 Å². The van der Waals surface area contributed by atoms with E-state index < -0.39 is 0 Å². The molecule has 1 atom stereocenters. The highest BCUT2D eigenvalue weighted by atomic mass is 16.1. The van der Waals surface area contributed by atoms with Gasteiger partial charge in [0, 0.05) is 36.7 Å². The number of carbonyl (C=O) groups is 1. The van der Waals surface area contributed by atoms with Gasteiger partial charge in [-0.3, -0.25) is 9.89 Å². The smallest absolute Gasteiger partial charge is 0.272 e. The van der Waals surface area contributed by atoms with E-state index in [9.17, 15) is 4.79 Å². The molecule has 1 unspecified atom stereocenters. The third-order valence-corrected chi connectivity index (χ3v) is 7.35. The monoisotopic (exact) mass is 475 g/mol. The van der Waals surface area contributed by atoms with Crippen LogP contribution in [-0.4, -0.2) is 32.2 Å². The minimum Gasteiger partial charge on any atom is -0.350 e. The molecule has 6 nitrogen and oxygen atoms in total. The minimum absolute atomic E-state index is 0.131. The normalized spacial score (nSPS) is 15.1. The van der Waals surface area contributed by atoms with E-state index in [-0.39, 0.29) is 5.91 Å². The molecular formula is C30H29N5O. The molecule has 5 aromatic rings. The van der Waals surface area contributed by atoms with Gasteiger partial charge in [-0.1, -0.05) is 60.7 Å². The molecule has 0 bridgehead atoms. The SMILES string of the molecule is Cc1ccc(-c2ccc(-c3cn4c(n3)CCC(CNC(=O)c3n[nH]c5ccccc35)C4)cc2)cc1C. The zero-order valence-electron chi connectivity index (χ0n) is 20.6. The van der Waals surface area contributed by atoms with Crippen LogP contribution in [-0.2, 0) is 13.0 Å². The Bertz CT molecular complexity index is 1560. The molecule has 6 heteroatoms. The first kappa shape index (κ1) is 22.3. The van der Waals surface area contributed by atoms with Gasteiger partial charge in [-0.15, -0.1) is 0 Å². The Hall–Kier alpha value is -4.19. The molecule has 2 aromatic heterocycles. The maximum Gasteiger partial charge on any atom is 0.272 e. The third kappa shape index (κ3) is 4.19. The average Bonchev–Trinajstić information content (AvgIpc) is 3.53. The Morgan fingerprint density at radius 3 is 2.61 bits per heavy atom. The predicted molar refractivity (Wildman–Crippen MR) is 143 cm³/mol. The summed E-state index contributed by atoms with van der Waals surface area (Å²) in [5.74, 6) is 1.35. The second-order valence-corrected chi connectivity index (χ2v) is 9.80. The van der Waals surface area contributed by atoms with Crippen LogP contribution < -0.4 is 5.32 Å². The van der Waals surface area contributed by atoms with Crippen LogP contribution in [0.25, 0.3) is 33.3 Å². The lowest BCUT2D eigenvalue weighted by Crippen LogP contribution is -2.33. The fourth-order valence-electron chi connectivity index (χ4n) is 5.03. The molecule has 1 amide bonds. The van der Waals surface area contributed by atoms with Crippen molar-refractivity contribution in [3.05, 3.63) is 95.6 Å². The topological polar surface area (TPSA) is 75.6 Å². The lowest BCUT2D eigenvalue weighted by atomic mass is 9.99. The van der Waals surface area contributed by atoms with E-state index in [1.54, 1.807) is 0 Å². The van der Waals surface area contributed by atoms with Gasteiger partial charge in [0.15, 0.2) is 5.69 Å². The number of nitrogens with zero attached hydrogens (tertiary/aromatic N) is 3. The summed E-state index contributed by atoms with van der Waals surface area (Å²) < 4.78 is 2.25. The van der Waals surface area contributed by atoms with E-state index >= 15 is 0 Å². The third-order valence-electron chi connectivity index (χ3n) is 7.35. The highest BCUT2D eigenvalue weighted by Crippen LogP contribution is 2.28. The van der Waals surface area contributed by atoms with Gasteiger partial charge < -0.3 is 9.88 Å². The number of imidazole rings is 1. The molecule has 1 aliphatic rings. The second kappa shape index (κ2) is 9.11. The maximum atomic E-state index is 12.7. The van der Waals surface area contributed by atoms with Crippen molar-refractivity contribution in [2.24, 2.45) is 5.92 Å². The van der Waals surface area contributed by atoms with Gasteiger partial charge in [-0.05, 0) is 54.5 Å². The summed E-state index contributed by atoms with van der Waals surface area (Å²) in [5.41, 5.74) is 8.53. The number of aromatic amines is 1. The number of rotatable bonds is 5. The van der Waals surface area contributed by atoms with Crippen LogP contribution in [0.4, 0.5) is 0 Å². The highest BCUT2D eigenvalue weighted by Gasteiger charge is 2.22. The Balaban J connectivity index is 1.12. The van der Waals surface area contributed by atoms with Gasteiger partial charge >= 0.3 is 0 Å². The fraction of sp³-hybridized carbons (Fsp3) is 0.233. The van der Waals surface area contributed by atoms with Crippen molar-refractivity contribution in [3.8, 4) is 22.4 Å². The van der Waals surface area contributed by atoms with Crippen molar-refractivity contribution in [1.82, 2.24) is 25.1 Å². The molecule has 1 aliphatic heterocycles. The van der Waals surface area contributed by atoms with Gasteiger partial charge in [0.1, 0.15) is 5.82 Å². The fourth-order valence-corrected chi connectivity index (χ4v) is 5.03. The number of benzene rings is 3. The number of nitrogens with one attached hydrogen (secondary N) is 2. The summed E-state index contributed by atoms with van der Waals surface area (Å²) >= 11 is 0. The zero-order valence-corrected chi connectivity index (χ0v) is 20.6. The number of H-pyrrole nitrogens is 1. The van der Waals surface area contributed by atoms with Crippen LogP contribution in [0.2, 0.25) is 0 Å². The summed E-state index contributed by atoms with van der Waals surface area (Å²) in [6, 6.07) is 23.0. The molecule has 2 N–H and O–H groups in total. The lowest BCUT2D eigenvalue weighted by molar-refractivity contribution is 0.0940. The highest BCUT2D eigenvalue weighted by molar-refractivity contribution is 6.04. The summed E-state index contributed by atoms with van der Waals surface area (Å²) in [6.45, 7) is 5.77. The number of carbonyl (C=O) groups excluding carboxylic acids is 1. The van der Waals surface area contributed by atoms with Crippen molar-refractivity contribution in [1.29, 1.82) is 0 Å². The summed E-state index contributed by atoms with van der Waals surface area (Å²) in [5, 5.41) is 11.1. The predicted octanol–water partition coefficient (Wildman–Crippen LogP) is 5.70. The molecule has 3 heterocycles. The van der Waals surface area contributed by atoms with E-state index in [0.29, 0.717) is 18.2 Å². The number of hydrogen-bond donors (Lipinski definition) is 2. The van der Waals surface area contributed by atoms with Crippen LogP contribution in [0.5, 0.6) is 0 Å². The molecule has 0 aliphatic carbocycles. The molecule has 0 spiro atoms. The molecule has 36 heavy (non-hydrogen) atoms. The molecule has 180 valence electrons. The van der Waals surface area contributed by atoms with Crippen molar-refractivity contribution in [2.45, 2.75) is 33.2 Å². The summed E-state index contributed by atoms with van der Waals surface area (Å²) in [7, 11) is 0. The Morgan fingerprint density at radius 1 is 1.00 bits per heavy atom. The van der Waals surface area contributed by atoms with E-state index in [1.165, 1.54) is 22.3 Å². The van der Waals surface area contributed by atoms with Gasteiger partial charge in [0.05, 0.1) is 11.2 Å². The Morgan fingerprint density at radius 2 is 1.78 bits per heavy atom. The second-order valence-electron chi connectivity index (χ2n) is 9.80. The first-order valence-electron chi connectivity index (χ1n) is 12.5. The minimum atomic E-state index is -0.131. The molecule has 6 rings (SSSR count). The van der Waals surface area contributed by atoms with Gasteiger partial charge in [-0.2, -0.15) is 5.10 Å². The number of aromatic nitrogens is 4. The largest absolute Gasteiger partial charge is 0.350 e. The zero-order chi connectivity index (χ0) is 24.6. The number of aryl methyl sites for hydroxylation is 3. The van der Waals surface area contributed by atoms with Crippen molar-refractivity contribution in [2.75, 3.05) is 6.54 Å². The van der Waals surface area contributed by atoms with Gasteiger partial charge in [0.25, 0.3) is 5.91 Å². The van der Waals surface area contributed by atoms with Crippen LogP contribution in [0, 0.1) is 19.8 Å². The molecule has 0 fully saturated rings. The van der Waals surface area contributed by atoms with Crippen molar-refractivity contribution >= 4 is 16.8 Å². The molecule has 0 saturated heterocycles. The van der Waals surface area contributed by atoms with Crippen molar-refractivity contribution < 1.29 is 4.79 Å². The van der Waals surface area contributed by atoms with Crippen LogP contribution in [0.3, 0.4) is 0 Å². The number of hydrogen-bond acceptors (Lipinski definition) is 3. The maximum absolute atomic E-state index is 12.7. The number of amides is 1. The molecule has 3 aromatic carbocycles. The van der Waals surface area contributed by atoms with E-state index in [4.69, 9.17) is 4.98 Å². The molecule has 0 radical (unpaired) electrons. The summed E-state index contributed by atoms with van der Waals surface area (Å²) in [4.78, 5) is 17.7. The summed E-state index contributed by atoms with van der Waals surface area (Å²) in [6.07, 6.45) is 4.06. The average molecular weight is 476 g/mol. The lowest BCUT2D eigenvalue weighted by Gasteiger charge is -2.23. The molecule has 0 saturated carbocycles. The number of para-hydroxylation sites is 1. The van der Waals surface area contributed by atoms with E-state index in [2.05, 4.69) is 82.6 Å².